The highest BCUT2D eigenvalue weighted by molar-refractivity contribution is 6.33. The molecule has 0 saturated heterocycles. The summed E-state index contributed by atoms with van der Waals surface area (Å²) in [6, 6.07) is 9.30. The van der Waals surface area contributed by atoms with Crippen LogP contribution < -0.4 is 5.73 Å². The van der Waals surface area contributed by atoms with Gasteiger partial charge in [-0.3, -0.25) is 0 Å². The number of benzene rings is 1. The second-order valence-corrected chi connectivity index (χ2v) is 5.64. The van der Waals surface area contributed by atoms with Crippen LogP contribution in [-0.4, -0.2) is 9.97 Å². The van der Waals surface area contributed by atoms with E-state index >= 15 is 0 Å². The van der Waals surface area contributed by atoms with Crippen molar-refractivity contribution in [1.29, 1.82) is 0 Å². The van der Waals surface area contributed by atoms with Gasteiger partial charge in [0, 0.05) is 17.0 Å². The lowest BCUT2D eigenvalue weighted by atomic mass is 9.92. The van der Waals surface area contributed by atoms with Gasteiger partial charge in [0.25, 0.3) is 0 Å². The fraction of sp³-hybridized carbons (Fsp3) is 0.286. The Morgan fingerprint density at radius 2 is 1.78 bits per heavy atom. The van der Waals surface area contributed by atoms with Crippen LogP contribution in [-0.2, 0) is 5.41 Å². The van der Waals surface area contributed by atoms with E-state index in [4.69, 9.17) is 17.3 Å². The predicted molar refractivity (Wildman–Crippen MR) is 75.6 cm³/mol. The van der Waals surface area contributed by atoms with Crippen molar-refractivity contribution in [2.75, 3.05) is 5.73 Å². The van der Waals surface area contributed by atoms with Crippen molar-refractivity contribution in [3.8, 4) is 11.4 Å². The zero-order valence-corrected chi connectivity index (χ0v) is 11.5. The van der Waals surface area contributed by atoms with Crippen LogP contribution in [0.1, 0.15) is 26.5 Å². The van der Waals surface area contributed by atoms with Crippen molar-refractivity contribution in [3.05, 3.63) is 41.0 Å². The van der Waals surface area contributed by atoms with Crippen LogP contribution in [0, 0.1) is 0 Å². The van der Waals surface area contributed by atoms with Gasteiger partial charge in [0.1, 0.15) is 5.82 Å². The molecular formula is C14H16ClN3. The first-order valence-electron chi connectivity index (χ1n) is 5.78. The molecule has 2 rings (SSSR count). The van der Waals surface area contributed by atoms with E-state index in [0.717, 1.165) is 11.3 Å². The maximum Gasteiger partial charge on any atom is 0.163 e. The summed E-state index contributed by atoms with van der Waals surface area (Å²) in [6.07, 6.45) is 0. The number of rotatable bonds is 1. The first kappa shape index (κ1) is 12.8. The molecule has 0 saturated carbocycles. The number of hydrogen-bond acceptors (Lipinski definition) is 3. The zero-order valence-electron chi connectivity index (χ0n) is 10.7. The van der Waals surface area contributed by atoms with Crippen LogP contribution in [0.2, 0.25) is 5.02 Å². The van der Waals surface area contributed by atoms with Gasteiger partial charge in [0.2, 0.25) is 0 Å². The first-order valence-corrected chi connectivity index (χ1v) is 6.15. The summed E-state index contributed by atoms with van der Waals surface area (Å²) in [7, 11) is 0. The number of nitrogen functional groups attached to an aromatic ring is 1. The van der Waals surface area contributed by atoms with E-state index < -0.39 is 0 Å². The van der Waals surface area contributed by atoms with Crippen molar-refractivity contribution in [2.45, 2.75) is 26.2 Å². The minimum Gasteiger partial charge on any atom is -0.384 e. The molecule has 18 heavy (non-hydrogen) atoms. The Labute approximate surface area is 112 Å². The standard InChI is InChI=1S/C14H16ClN3/c1-14(2,3)11-8-12(16)18-13(17-11)9-6-4-5-7-10(9)15/h4-8H,1-3H3,(H2,16,17,18). The summed E-state index contributed by atoms with van der Waals surface area (Å²) in [5.41, 5.74) is 7.48. The third-order valence-corrected chi connectivity index (χ3v) is 2.96. The Balaban J connectivity index is 2.60. The fourth-order valence-electron chi connectivity index (χ4n) is 1.61. The molecule has 0 amide bonds. The monoisotopic (exact) mass is 261 g/mol. The van der Waals surface area contributed by atoms with E-state index in [-0.39, 0.29) is 5.41 Å². The van der Waals surface area contributed by atoms with Crippen molar-refractivity contribution in [3.63, 3.8) is 0 Å². The van der Waals surface area contributed by atoms with Crippen molar-refractivity contribution < 1.29 is 0 Å². The van der Waals surface area contributed by atoms with Crippen LogP contribution in [0.5, 0.6) is 0 Å². The lowest BCUT2D eigenvalue weighted by Crippen LogP contribution is -2.15. The Morgan fingerprint density at radius 3 is 2.39 bits per heavy atom. The molecule has 0 atom stereocenters. The second kappa shape index (κ2) is 4.58. The highest BCUT2D eigenvalue weighted by Crippen LogP contribution is 2.28. The summed E-state index contributed by atoms with van der Waals surface area (Å²) < 4.78 is 0. The minimum atomic E-state index is -0.0763. The molecular weight excluding hydrogens is 246 g/mol. The van der Waals surface area contributed by atoms with Crippen LogP contribution in [0.25, 0.3) is 11.4 Å². The second-order valence-electron chi connectivity index (χ2n) is 5.23. The largest absolute Gasteiger partial charge is 0.384 e. The zero-order chi connectivity index (χ0) is 13.3. The highest BCUT2D eigenvalue weighted by Gasteiger charge is 2.18. The maximum atomic E-state index is 6.16. The third kappa shape index (κ3) is 2.62. The maximum absolute atomic E-state index is 6.16. The van der Waals surface area contributed by atoms with Crippen molar-refractivity contribution >= 4 is 17.4 Å². The molecule has 0 fully saturated rings. The fourth-order valence-corrected chi connectivity index (χ4v) is 1.83. The summed E-state index contributed by atoms with van der Waals surface area (Å²) in [6.45, 7) is 6.27. The van der Waals surface area contributed by atoms with E-state index in [0.29, 0.717) is 16.7 Å². The molecule has 0 aliphatic rings. The van der Waals surface area contributed by atoms with Gasteiger partial charge in [0.15, 0.2) is 5.82 Å². The predicted octanol–water partition coefficient (Wildman–Crippen LogP) is 3.68. The average molecular weight is 262 g/mol. The summed E-state index contributed by atoms with van der Waals surface area (Å²) in [5.74, 6) is 1.04. The van der Waals surface area contributed by atoms with E-state index in [1.54, 1.807) is 6.07 Å². The number of halogens is 1. The van der Waals surface area contributed by atoms with Crippen LogP contribution in [0.4, 0.5) is 5.82 Å². The molecule has 1 aromatic carbocycles. The topological polar surface area (TPSA) is 51.8 Å². The van der Waals surface area contributed by atoms with Crippen LogP contribution in [0.3, 0.4) is 0 Å². The SMILES string of the molecule is CC(C)(C)c1cc(N)nc(-c2ccccc2Cl)n1. The molecule has 2 N–H and O–H groups in total. The number of anilines is 1. The summed E-state index contributed by atoms with van der Waals surface area (Å²) >= 11 is 6.16. The molecule has 94 valence electrons. The van der Waals surface area contributed by atoms with Crippen molar-refractivity contribution in [1.82, 2.24) is 9.97 Å². The normalized spacial score (nSPS) is 11.6. The molecule has 2 aromatic rings. The molecule has 3 nitrogen and oxygen atoms in total. The molecule has 0 aliphatic heterocycles. The van der Waals surface area contributed by atoms with Gasteiger partial charge in [0.05, 0.1) is 10.7 Å². The Morgan fingerprint density at radius 1 is 1.11 bits per heavy atom. The average Bonchev–Trinajstić information content (AvgIpc) is 2.27. The van der Waals surface area contributed by atoms with Gasteiger partial charge in [-0.05, 0) is 12.1 Å². The molecule has 0 unspecified atom stereocenters. The van der Waals surface area contributed by atoms with Gasteiger partial charge in [-0.1, -0.05) is 44.5 Å². The van der Waals surface area contributed by atoms with Crippen molar-refractivity contribution in [2.24, 2.45) is 0 Å². The van der Waals surface area contributed by atoms with Crippen LogP contribution >= 0.6 is 11.6 Å². The molecule has 0 radical (unpaired) electrons. The molecule has 0 aliphatic carbocycles. The molecule has 0 bridgehead atoms. The summed E-state index contributed by atoms with van der Waals surface area (Å²) in [5, 5.41) is 0.628. The lowest BCUT2D eigenvalue weighted by molar-refractivity contribution is 0.568. The smallest absolute Gasteiger partial charge is 0.163 e. The van der Waals surface area contributed by atoms with Gasteiger partial charge >= 0.3 is 0 Å². The number of nitrogens with zero attached hydrogens (tertiary/aromatic N) is 2. The first-order chi connectivity index (χ1) is 8.38. The van der Waals surface area contributed by atoms with Gasteiger partial charge in [-0.15, -0.1) is 0 Å². The van der Waals surface area contributed by atoms with E-state index in [2.05, 4.69) is 30.7 Å². The Kier molecular flexibility index (Phi) is 3.26. The Hall–Kier alpha value is -1.61. The van der Waals surface area contributed by atoms with E-state index in [9.17, 15) is 0 Å². The molecule has 1 aromatic heterocycles. The quantitative estimate of drug-likeness (QED) is 0.852. The molecule has 4 heteroatoms. The van der Waals surface area contributed by atoms with E-state index in [1.807, 2.05) is 24.3 Å². The van der Waals surface area contributed by atoms with Crippen LogP contribution in [0.15, 0.2) is 30.3 Å². The number of nitrogens with two attached hydrogens (primary N) is 1. The van der Waals surface area contributed by atoms with Gasteiger partial charge in [-0.2, -0.15) is 0 Å². The third-order valence-electron chi connectivity index (χ3n) is 2.63. The van der Waals surface area contributed by atoms with Gasteiger partial charge < -0.3 is 5.73 Å². The van der Waals surface area contributed by atoms with Gasteiger partial charge in [-0.25, -0.2) is 9.97 Å². The number of aromatic nitrogens is 2. The Bertz CT molecular complexity index is 573. The number of hydrogen-bond donors (Lipinski definition) is 1. The highest BCUT2D eigenvalue weighted by atomic mass is 35.5. The molecule has 1 heterocycles. The molecule has 0 spiro atoms. The van der Waals surface area contributed by atoms with E-state index in [1.165, 1.54) is 0 Å². The minimum absolute atomic E-state index is 0.0763. The summed E-state index contributed by atoms with van der Waals surface area (Å²) in [4.78, 5) is 8.82. The lowest BCUT2D eigenvalue weighted by Gasteiger charge is -2.18.